The van der Waals surface area contributed by atoms with Crippen molar-refractivity contribution in [3.8, 4) is 0 Å². The van der Waals surface area contributed by atoms with E-state index in [9.17, 15) is 13.2 Å². The van der Waals surface area contributed by atoms with E-state index < -0.39 is 10.0 Å². The van der Waals surface area contributed by atoms with Crippen LogP contribution >= 0.6 is 39.7 Å². The molecule has 1 amide bonds. The first-order chi connectivity index (χ1) is 9.88. The first kappa shape index (κ1) is 19.9. The topological polar surface area (TPSA) is 87.3 Å². The van der Waals surface area contributed by atoms with Crippen molar-refractivity contribution in [1.29, 1.82) is 0 Å². The Morgan fingerprint density at radius 2 is 2.23 bits per heavy atom. The van der Waals surface area contributed by atoms with E-state index in [4.69, 9.17) is 0 Å². The number of carbonyl (C=O) groups excluding carboxylic acids is 1. The second-order valence-electron chi connectivity index (χ2n) is 4.94. The number of piperidine rings is 1. The molecule has 6 nitrogen and oxygen atoms in total. The van der Waals surface area contributed by atoms with E-state index in [-0.39, 0.29) is 41.2 Å². The third kappa shape index (κ3) is 5.47. The lowest BCUT2D eigenvalue weighted by molar-refractivity contribution is -0.121. The van der Waals surface area contributed by atoms with Gasteiger partial charge in [-0.2, -0.15) is 0 Å². The zero-order valence-corrected chi connectivity index (χ0v) is 16.0. The average Bonchev–Trinajstić information content (AvgIpc) is 2.87. The van der Waals surface area contributed by atoms with E-state index in [0.717, 1.165) is 34.5 Å². The summed E-state index contributed by atoms with van der Waals surface area (Å²) < 4.78 is 27.2. The minimum atomic E-state index is -3.63. The second kappa shape index (κ2) is 8.60. The summed E-state index contributed by atoms with van der Waals surface area (Å²) in [7, 11) is -3.63. The van der Waals surface area contributed by atoms with Crippen molar-refractivity contribution in [2.24, 2.45) is 0 Å². The Labute approximate surface area is 149 Å². The van der Waals surface area contributed by atoms with E-state index in [2.05, 4.69) is 31.3 Å². The third-order valence-electron chi connectivity index (χ3n) is 3.34. The molecule has 0 aliphatic carbocycles. The van der Waals surface area contributed by atoms with Crippen LogP contribution in [0.15, 0.2) is 20.1 Å². The van der Waals surface area contributed by atoms with Crippen molar-refractivity contribution in [2.75, 3.05) is 13.1 Å². The van der Waals surface area contributed by atoms with Gasteiger partial charge in [0.05, 0.1) is 10.3 Å². The molecule has 0 saturated carbocycles. The van der Waals surface area contributed by atoms with Crippen molar-refractivity contribution < 1.29 is 13.2 Å². The Hall–Kier alpha value is -0.190. The predicted molar refractivity (Wildman–Crippen MR) is 93.1 cm³/mol. The molecule has 10 heteroatoms. The highest BCUT2D eigenvalue weighted by Crippen LogP contribution is 2.25. The van der Waals surface area contributed by atoms with Crippen molar-refractivity contribution in [3.05, 3.63) is 15.9 Å². The molecular weight excluding hydrogens is 414 g/mol. The maximum atomic E-state index is 12.0. The van der Waals surface area contributed by atoms with Gasteiger partial charge in [-0.1, -0.05) is 0 Å². The lowest BCUT2D eigenvalue weighted by Gasteiger charge is -2.30. The summed E-state index contributed by atoms with van der Waals surface area (Å²) in [6.45, 7) is 2.71. The molecule has 1 aliphatic heterocycles. The van der Waals surface area contributed by atoms with Gasteiger partial charge in [0.25, 0.3) is 10.0 Å². The number of sulfonamides is 1. The van der Waals surface area contributed by atoms with Crippen LogP contribution in [0.25, 0.3) is 0 Å². The highest BCUT2D eigenvalue weighted by molar-refractivity contribution is 9.11. The van der Waals surface area contributed by atoms with Gasteiger partial charge in [-0.25, -0.2) is 13.1 Å². The van der Waals surface area contributed by atoms with E-state index in [1.807, 2.05) is 6.92 Å². The summed E-state index contributed by atoms with van der Waals surface area (Å²) in [5.74, 6) is -0.310. The molecular formula is C12H19BrClN3O3S2. The molecule has 1 aliphatic rings. The smallest absolute Gasteiger partial charge is 0.250 e. The van der Waals surface area contributed by atoms with Gasteiger partial charge in [0, 0.05) is 12.1 Å². The van der Waals surface area contributed by atoms with E-state index in [0.29, 0.717) is 0 Å². The molecule has 0 radical (unpaired) electrons. The van der Waals surface area contributed by atoms with Gasteiger partial charge >= 0.3 is 0 Å². The van der Waals surface area contributed by atoms with Gasteiger partial charge < -0.3 is 10.6 Å². The molecule has 2 heterocycles. The van der Waals surface area contributed by atoms with Gasteiger partial charge in [0.2, 0.25) is 5.91 Å². The standard InChI is InChI=1S/C12H18BrN3O3S2.ClH/c1-8-9(3-2-6-14-8)16-11(17)7-15-21(18,19)12-5-4-10(13)20-12;/h4-5,8-9,14-15H,2-3,6-7H2,1H3,(H,16,17);1H. The van der Waals surface area contributed by atoms with Crippen LogP contribution in [0.1, 0.15) is 19.8 Å². The van der Waals surface area contributed by atoms with E-state index >= 15 is 0 Å². The van der Waals surface area contributed by atoms with Crippen LogP contribution in [0.2, 0.25) is 0 Å². The largest absolute Gasteiger partial charge is 0.351 e. The fourth-order valence-electron chi connectivity index (χ4n) is 2.17. The predicted octanol–water partition coefficient (Wildman–Crippen LogP) is 1.47. The van der Waals surface area contributed by atoms with Crippen LogP contribution in [0.5, 0.6) is 0 Å². The monoisotopic (exact) mass is 431 g/mol. The van der Waals surface area contributed by atoms with Crippen molar-refractivity contribution in [2.45, 2.75) is 36.1 Å². The summed E-state index contributed by atoms with van der Waals surface area (Å²) >= 11 is 4.32. The van der Waals surface area contributed by atoms with E-state index in [1.54, 1.807) is 6.07 Å². The summed E-state index contributed by atoms with van der Waals surface area (Å²) in [6, 6.07) is 3.41. The van der Waals surface area contributed by atoms with Crippen molar-refractivity contribution in [3.63, 3.8) is 0 Å². The SMILES string of the molecule is CC1NCCCC1NC(=O)CNS(=O)(=O)c1ccc(Br)s1.Cl. The summed E-state index contributed by atoms with van der Waals surface area (Å²) in [6.07, 6.45) is 1.91. The van der Waals surface area contributed by atoms with Gasteiger partial charge in [-0.15, -0.1) is 23.7 Å². The minimum absolute atomic E-state index is 0. The van der Waals surface area contributed by atoms with Gasteiger partial charge in [0.15, 0.2) is 0 Å². The molecule has 22 heavy (non-hydrogen) atoms. The van der Waals surface area contributed by atoms with Crippen molar-refractivity contribution in [1.82, 2.24) is 15.4 Å². The number of amides is 1. The Bertz CT molecular complexity index is 609. The van der Waals surface area contributed by atoms with Gasteiger partial charge in [-0.3, -0.25) is 4.79 Å². The molecule has 0 aromatic carbocycles. The second-order valence-corrected chi connectivity index (χ2v) is 9.40. The quantitative estimate of drug-likeness (QED) is 0.657. The van der Waals surface area contributed by atoms with Crippen LogP contribution in [-0.2, 0) is 14.8 Å². The Morgan fingerprint density at radius 1 is 1.50 bits per heavy atom. The Morgan fingerprint density at radius 3 is 2.82 bits per heavy atom. The first-order valence-electron chi connectivity index (χ1n) is 6.66. The van der Waals surface area contributed by atoms with Gasteiger partial charge in [-0.05, 0) is 54.4 Å². The molecule has 126 valence electrons. The average molecular weight is 433 g/mol. The molecule has 2 atom stereocenters. The van der Waals surface area contributed by atoms with Gasteiger partial charge in [0.1, 0.15) is 4.21 Å². The summed E-state index contributed by atoms with van der Waals surface area (Å²) in [5, 5.41) is 6.15. The van der Waals surface area contributed by atoms with Crippen LogP contribution in [0, 0.1) is 0 Å². The summed E-state index contributed by atoms with van der Waals surface area (Å²) in [4.78, 5) is 11.9. The number of thiophene rings is 1. The Balaban J connectivity index is 0.00000242. The Kier molecular flexibility index (Phi) is 7.76. The summed E-state index contributed by atoms with van der Waals surface area (Å²) in [5.41, 5.74) is 0. The highest BCUT2D eigenvalue weighted by atomic mass is 79.9. The number of carbonyl (C=O) groups is 1. The molecule has 1 aromatic heterocycles. The number of hydrogen-bond acceptors (Lipinski definition) is 5. The van der Waals surface area contributed by atoms with Crippen LogP contribution < -0.4 is 15.4 Å². The maximum Gasteiger partial charge on any atom is 0.250 e. The fraction of sp³-hybridized carbons (Fsp3) is 0.583. The zero-order chi connectivity index (χ0) is 15.5. The normalized spacial score (nSPS) is 21.9. The lowest BCUT2D eigenvalue weighted by atomic mass is 10.00. The number of nitrogens with one attached hydrogen (secondary N) is 3. The number of hydrogen-bond donors (Lipinski definition) is 3. The van der Waals surface area contributed by atoms with Crippen LogP contribution in [0.3, 0.4) is 0 Å². The molecule has 0 bridgehead atoms. The fourth-order valence-corrected chi connectivity index (χ4v) is 5.21. The molecule has 1 saturated heterocycles. The molecule has 1 aromatic rings. The van der Waals surface area contributed by atoms with Crippen LogP contribution in [-0.4, -0.2) is 39.5 Å². The zero-order valence-electron chi connectivity index (χ0n) is 12.0. The highest BCUT2D eigenvalue weighted by Gasteiger charge is 2.23. The van der Waals surface area contributed by atoms with Crippen LogP contribution in [0.4, 0.5) is 0 Å². The molecule has 2 rings (SSSR count). The minimum Gasteiger partial charge on any atom is -0.351 e. The molecule has 1 fully saturated rings. The third-order valence-corrected chi connectivity index (χ3v) is 6.86. The maximum absolute atomic E-state index is 12.0. The lowest BCUT2D eigenvalue weighted by Crippen LogP contribution is -2.53. The number of halogens is 2. The van der Waals surface area contributed by atoms with Crippen molar-refractivity contribution >= 4 is 55.6 Å². The number of rotatable bonds is 5. The first-order valence-corrected chi connectivity index (χ1v) is 9.75. The molecule has 3 N–H and O–H groups in total. The van der Waals surface area contributed by atoms with E-state index in [1.165, 1.54) is 6.07 Å². The molecule has 2 unspecified atom stereocenters. The molecule has 0 spiro atoms.